The molecule has 0 radical (unpaired) electrons. The molecular weight excluding hydrogens is 1100 g/mol. The summed E-state index contributed by atoms with van der Waals surface area (Å²) in [5.74, 6) is -0.241. The maximum atomic E-state index is 13.2. The lowest BCUT2D eigenvalue weighted by Crippen LogP contribution is -2.41. The average molecular weight is 1160 g/mol. The summed E-state index contributed by atoms with van der Waals surface area (Å²) in [7, 11) is 1.32. The predicted octanol–water partition coefficient (Wildman–Crippen LogP) is 15.5. The standard InChI is InChI=1S/C28H32ClF3N4O3S2.C24H30ClF3N2O2S2/c1-16-10-20(14-23(38)39-5)34-36(16)15-22(37)35-8-6-17(7-9-35)26-33-24(25(29)40-26)18-11-19(27(2,3)4)13-21(12-18)41-28(30,31)32;1-22(2,3)16-11-15(12-17(13-16)34-24(26,27)28)18-19(25)33-20(29-18)14-7-9-30(10-8-14)21(31)32-23(4,5)6/h10-13,17H,6-9,14-15H2,1-5H3;11-14H,7-10H2,1-6H3. The molecule has 2 aromatic carbocycles. The van der Waals surface area contributed by atoms with Gasteiger partial charge in [0.05, 0.1) is 29.2 Å². The molecule has 0 unspecified atom stereocenters. The number of carbonyl (C=O) groups excluding carboxylic acids is 3. The molecule has 410 valence electrons. The first kappa shape index (κ1) is 60.2. The van der Waals surface area contributed by atoms with Crippen LogP contribution in [0, 0.1) is 6.92 Å². The van der Waals surface area contributed by atoms with Crippen molar-refractivity contribution >= 4 is 87.4 Å². The second kappa shape index (κ2) is 23.9. The van der Waals surface area contributed by atoms with E-state index in [1.165, 1.54) is 41.9 Å². The molecule has 2 aliphatic rings. The van der Waals surface area contributed by atoms with Crippen LogP contribution in [0.2, 0.25) is 8.67 Å². The van der Waals surface area contributed by atoms with Crippen molar-refractivity contribution in [2.45, 2.75) is 157 Å². The molecule has 2 saturated heterocycles. The number of piperidine rings is 2. The molecule has 2 fully saturated rings. The molecule has 11 nitrogen and oxygen atoms in total. The van der Waals surface area contributed by atoms with Gasteiger partial charge < -0.3 is 19.3 Å². The molecule has 5 heterocycles. The Bertz CT molecular complexity index is 2830. The smallest absolute Gasteiger partial charge is 0.446 e. The van der Waals surface area contributed by atoms with E-state index in [-0.39, 0.29) is 80.9 Å². The number of hydrogen-bond acceptors (Lipinski definition) is 12. The summed E-state index contributed by atoms with van der Waals surface area (Å²) in [6, 6.07) is 11.6. The number of thioether (sulfide) groups is 2. The number of rotatable bonds is 10. The van der Waals surface area contributed by atoms with Gasteiger partial charge in [0.25, 0.3) is 0 Å². The van der Waals surface area contributed by atoms with E-state index >= 15 is 0 Å². The van der Waals surface area contributed by atoms with E-state index < -0.39 is 22.6 Å². The summed E-state index contributed by atoms with van der Waals surface area (Å²) < 4.78 is 91.5. The monoisotopic (exact) mass is 1160 g/mol. The van der Waals surface area contributed by atoms with Crippen LogP contribution in [-0.4, -0.2) is 97.4 Å². The Labute approximate surface area is 460 Å². The van der Waals surface area contributed by atoms with Gasteiger partial charge >= 0.3 is 23.1 Å². The SMILES string of the molecule is CC(C)(C)OC(=O)N1CCC(c2nc(-c3cc(SC(F)(F)F)cc(C(C)(C)C)c3)c(Cl)s2)CC1.COC(=O)Cc1cc(C)n(CC(=O)N2CCC(c3nc(-c4cc(SC(F)(F)F)cc(C(C)(C)C)c4)c(Cl)s3)CC2)n1. The quantitative estimate of drug-likeness (QED) is 0.0759. The van der Waals surface area contributed by atoms with E-state index in [4.69, 9.17) is 37.9 Å². The number of aryl methyl sites for hydroxylation is 1. The second-order valence-electron chi connectivity index (χ2n) is 21.5. The summed E-state index contributed by atoms with van der Waals surface area (Å²) in [5.41, 5.74) is -5.01. The normalized spacial score (nSPS) is 15.5. The number of halogens is 8. The molecule has 0 N–H and O–H groups in total. The van der Waals surface area contributed by atoms with Crippen LogP contribution in [0.15, 0.2) is 52.3 Å². The average Bonchev–Trinajstić information content (AvgIpc) is 3.99. The maximum Gasteiger partial charge on any atom is 0.446 e. The number of hydrogen-bond donors (Lipinski definition) is 0. The first-order valence-corrected chi connectivity index (χ1v) is 28.2. The van der Waals surface area contributed by atoms with Crippen molar-refractivity contribution in [2.24, 2.45) is 0 Å². The van der Waals surface area contributed by atoms with Gasteiger partial charge in [-0.05, 0) is 141 Å². The molecule has 7 rings (SSSR count). The lowest BCUT2D eigenvalue weighted by molar-refractivity contribution is -0.139. The van der Waals surface area contributed by atoms with Gasteiger partial charge in [0.1, 0.15) is 32.2 Å². The summed E-state index contributed by atoms with van der Waals surface area (Å²) in [6.07, 6.45) is 2.55. The Balaban J connectivity index is 0.000000248. The van der Waals surface area contributed by atoms with Crippen molar-refractivity contribution in [1.82, 2.24) is 29.5 Å². The third-order valence-corrected chi connectivity index (χ3v) is 16.6. The molecule has 0 spiro atoms. The van der Waals surface area contributed by atoms with Crippen molar-refractivity contribution in [1.29, 1.82) is 0 Å². The molecule has 2 amide bonds. The number of esters is 1. The van der Waals surface area contributed by atoms with Crippen molar-refractivity contribution < 1.29 is 50.2 Å². The Morgan fingerprint density at radius 2 is 1.09 bits per heavy atom. The third-order valence-electron chi connectivity index (χ3n) is 12.3. The Morgan fingerprint density at radius 1 is 0.667 bits per heavy atom. The minimum atomic E-state index is -4.41. The number of benzene rings is 2. The fraction of sp³-hybridized carbons (Fsp3) is 0.538. The Kier molecular flexibility index (Phi) is 19.2. The van der Waals surface area contributed by atoms with Gasteiger partial charge in [-0.25, -0.2) is 14.8 Å². The molecule has 0 bridgehead atoms. The molecule has 75 heavy (non-hydrogen) atoms. The number of ether oxygens (including phenoxy) is 2. The number of likely N-dealkylation sites (tertiary alicyclic amines) is 2. The zero-order valence-corrected chi connectivity index (χ0v) is 48.4. The summed E-state index contributed by atoms with van der Waals surface area (Å²) in [5, 5.41) is 6.03. The summed E-state index contributed by atoms with van der Waals surface area (Å²) >= 11 is 15.6. The molecule has 0 saturated carbocycles. The first-order valence-electron chi connectivity index (χ1n) is 24.2. The highest BCUT2D eigenvalue weighted by Gasteiger charge is 2.34. The van der Waals surface area contributed by atoms with E-state index in [0.29, 0.717) is 75.9 Å². The zero-order valence-electron chi connectivity index (χ0n) is 43.6. The molecule has 0 aliphatic carbocycles. The van der Waals surface area contributed by atoms with Crippen LogP contribution in [0.5, 0.6) is 0 Å². The number of carbonyl (C=O) groups is 3. The fourth-order valence-electron chi connectivity index (χ4n) is 8.35. The predicted molar refractivity (Wildman–Crippen MR) is 287 cm³/mol. The van der Waals surface area contributed by atoms with Gasteiger partial charge in [0.2, 0.25) is 5.91 Å². The maximum absolute atomic E-state index is 13.2. The van der Waals surface area contributed by atoms with Gasteiger partial charge in [-0.2, -0.15) is 31.4 Å². The van der Waals surface area contributed by atoms with Crippen molar-refractivity contribution in [3.05, 3.63) is 83.7 Å². The van der Waals surface area contributed by atoms with Crippen LogP contribution in [-0.2, 0) is 42.9 Å². The van der Waals surface area contributed by atoms with E-state index in [1.54, 1.807) is 32.7 Å². The number of thiazole rings is 2. The number of aromatic nitrogens is 4. The van der Waals surface area contributed by atoms with E-state index in [9.17, 15) is 40.7 Å². The van der Waals surface area contributed by atoms with E-state index in [2.05, 4.69) is 9.84 Å². The minimum absolute atomic E-state index is 0.0469. The van der Waals surface area contributed by atoms with Gasteiger partial charge in [0.15, 0.2) is 0 Å². The van der Waals surface area contributed by atoms with Gasteiger partial charge in [-0.1, -0.05) is 64.7 Å². The highest BCUT2D eigenvalue weighted by Crippen LogP contribution is 2.46. The van der Waals surface area contributed by atoms with Gasteiger partial charge in [0, 0.05) is 64.6 Å². The topological polar surface area (TPSA) is 120 Å². The molecule has 3 aromatic heterocycles. The van der Waals surface area contributed by atoms with Crippen molar-refractivity contribution in [2.75, 3.05) is 33.3 Å². The summed E-state index contributed by atoms with van der Waals surface area (Å²) in [6.45, 7) is 21.3. The molecule has 2 aliphatic heterocycles. The minimum Gasteiger partial charge on any atom is -0.469 e. The van der Waals surface area contributed by atoms with Crippen LogP contribution in [0.25, 0.3) is 22.5 Å². The largest absolute Gasteiger partial charge is 0.469 e. The number of alkyl halides is 6. The van der Waals surface area contributed by atoms with Crippen LogP contribution in [0.4, 0.5) is 31.1 Å². The van der Waals surface area contributed by atoms with Crippen LogP contribution in [0.1, 0.15) is 132 Å². The molecule has 23 heteroatoms. The second-order valence-corrected chi connectivity index (χ2v) is 27.1. The van der Waals surface area contributed by atoms with Crippen LogP contribution >= 0.6 is 69.4 Å². The molecule has 0 atom stereocenters. The fourth-order valence-corrected chi connectivity index (χ4v) is 12.4. The highest BCUT2D eigenvalue weighted by atomic mass is 35.5. The number of amides is 2. The van der Waals surface area contributed by atoms with E-state index in [1.807, 2.05) is 81.4 Å². The van der Waals surface area contributed by atoms with Crippen LogP contribution < -0.4 is 0 Å². The van der Waals surface area contributed by atoms with Gasteiger partial charge in [-0.3, -0.25) is 14.3 Å². The van der Waals surface area contributed by atoms with Crippen molar-refractivity contribution in [3.8, 4) is 22.5 Å². The molecular formula is C52H62Cl2F6N6O5S4. The summed E-state index contributed by atoms with van der Waals surface area (Å²) in [4.78, 5) is 50.1. The lowest BCUT2D eigenvalue weighted by Gasteiger charge is -2.32. The zero-order chi connectivity index (χ0) is 55.6. The lowest BCUT2D eigenvalue weighted by atomic mass is 9.86. The van der Waals surface area contributed by atoms with Gasteiger partial charge in [-0.15, -0.1) is 22.7 Å². The van der Waals surface area contributed by atoms with E-state index in [0.717, 1.165) is 39.7 Å². The molecule has 5 aromatic rings. The highest BCUT2D eigenvalue weighted by molar-refractivity contribution is 8.00. The Hall–Kier alpha value is -4.02. The first-order chi connectivity index (χ1) is 34.6. The number of methoxy groups -OCH3 is 1. The third kappa shape index (κ3) is 17.2. The van der Waals surface area contributed by atoms with Crippen molar-refractivity contribution in [3.63, 3.8) is 0 Å². The Morgan fingerprint density at radius 3 is 1.48 bits per heavy atom. The van der Waals surface area contributed by atoms with Crippen LogP contribution in [0.3, 0.4) is 0 Å². The number of nitrogens with zero attached hydrogens (tertiary/aromatic N) is 6.